The van der Waals surface area contributed by atoms with E-state index in [2.05, 4.69) is 4.98 Å². The molecule has 1 heterocycles. The second kappa shape index (κ2) is 6.34. The largest absolute Gasteiger partial charge is 0.493 e. The van der Waals surface area contributed by atoms with Crippen LogP contribution < -0.4 is 4.74 Å². The Hall–Kier alpha value is -1.87. The molecule has 2 rings (SSSR count). The van der Waals surface area contributed by atoms with Crippen LogP contribution in [0.4, 0.5) is 0 Å². The van der Waals surface area contributed by atoms with E-state index in [0.717, 1.165) is 29.0 Å². The lowest BCUT2D eigenvalue weighted by molar-refractivity contribution is 0.191. The molecule has 19 heavy (non-hydrogen) atoms. The van der Waals surface area contributed by atoms with Crippen molar-refractivity contribution in [3.05, 3.63) is 59.4 Å². The van der Waals surface area contributed by atoms with Gasteiger partial charge in [-0.05, 0) is 37.6 Å². The first-order valence-electron chi connectivity index (χ1n) is 6.48. The minimum atomic E-state index is -0.523. The summed E-state index contributed by atoms with van der Waals surface area (Å²) in [5, 5.41) is 9.72. The molecule has 2 aromatic rings. The molecule has 0 amide bonds. The normalized spacial score (nSPS) is 12.2. The number of hydrogen-bond donors (Lipinski definition) is 1. The molecule has 0 unspecified atom stereocenters. The molecule has 0 spiro atoms. The van der Waals surface area contributed by atoms with Gasteiger partial charge in [0, 0.05) is 23.9 Å². The Bertz CT molecular complexity index is 524. The first kappa shape index (κ1) is 13.6. The minimum absolute atomic E-state index is 0.523. The number of ether oxygens (including phenoxy) is 1. The summed E-state index contributed by atoms with van der Waals surface area (Å²) in [6.07, 6.45) is 2.02. The van der Waals surface area contributed by atoms with E-state index in [4.69, 9.17) is 4.74 Å². The SMILES string of the molecule is Cc1ccc([C@@H](C)O)c(OCCc2ccccn2)c1. The summed E-state index contributed by atoms with van der Waals surface area (Å²) in [5.74, 6) is 0.755. The number of benzene rings is 1. The van der Waals surface area contributed by atoms with Gasteiger partial charge in [0.15, 0.2) is 0 Å². The second-order valence-corrected chi connectivity index (χ2v) is 4.64. The van der Waals surface area contributed by atoms with E-state index in [9.17, 15) is 5.11 Å². The molecule has 3 nitrogen and oxygen atoms in total. The first-order chi connectivity index (χ1) is 9.16. The summed E-state index contributed by atoms with van der Waals surface area (Å²) in [7, 11) is 0. The van der Waals surface area contributed by atoms with Gasteiger partial charge in [-0.3, -0.25) is 4.98 Å². The highest BCUT2D eigenvalue weighted by atomic mass is 16.5. The molecular formula is C16H19NO2. The fourth-order valence-corrected chi connectivity index (χ4v) is 1.92. The quantitative estimate of drug-likeness (QED) is 0.895. The number of rotatable bonds is 5. The van der Waals surface area contributed by atoms with Crippen LogP contribution >= 0.6 is 0 Å². The minimum Gasteiger partial charge on any atom is -0.493 e. The molecule has 0 radical (unpaired) electrons. The Kier molecular flexibility index (Phi) is 4.53. The van der Waals surface area contributed by atoms with Gasteiger partial charge in [-0.15, -0.1) is 0 Å². The maximum Gasteiger partial charge on any atom is 0.125 e. The highest BCUT2D eigenvalue weighted by Gasteiger charge is 2.09. The predicted octanol–water partition coefficient (Wildman–Crippen LogP) is 3.06. The average molecular weight is 257 g/mol. The van der Waals surface area contributed by atoms with Gasteiger partial charge in [-0.1, -0.05) is 18.2 Å². The first-order valence-corrected chi connectivity index (χ1v) is 6.48. The van der Waals surface area contributed by atoms with E-state index in [1.54, 1.807) is 13.1 Å². The number of nitrogens with zero attached hydrogens (tertiary/aromatic N) is 1. The fourth-order valence-electron chi connectivity index (χ4n) is 1.92. The van der Waals surface area contributed by atoms with Crippen LogP contribution in [0.25, 0.3) is 0 Å². The van der Waals surface area contributed by atoms with Crippen LogP contribution in [-0.4, -0.2) is 16.7 Å². The van der Waals surface area contributed by atoms with E-state index < -0.39 is 6.10 Å². The average Bonchev–Trinajstić information content (AvgIpc) is 2.39. The summed E-state index contributed by atoms with van der Waals surface area (Å²) in [6, 6.07) is 11.7. The van der Waals surface area contributed by atoms with Crippen LogP contribution in [0.2, 0.25) is 0 Å². The van der Waals surface area contributed by atoms with Gasteiger partial charge in [0.05, 0.1) is 12.7 Å². The van der Waals surface area contributed by atoms with Gasteiger partial charge in [-0.25, -0.2) is 0 Å². The Morgan fingerprint density at radius 3 is 2.79 bits per heavy atom. The highest BCUT2D eigenvalue weighted by Crippen LogP contribution is 2.26. The second-order valence-electron chi connectivity index (χ2n) is 4.64. The van der Waals surface area contributed by atoms with Crippen molar-refractivity contribution in [2.45, 2.75) is 26.4 Å². The van der Waals surface area contributed by atoms with Crippen molar-refractivity contribution < 1.29 is 9.84 Å². The number of hydrogen-bond acceptors (Lipinski definition) is 3. The zero-order chi connectivity index (χ0) is 13.7. The number of aryl methyl sites for hydroxylation is 1. The third-order valence-electron chi connectivity index (χ3n) is 2.96. The molecule has 1 atom stereocenters. The number of aliphatic hydroxyl groups excluding tert-OH is 1. The molecule has 1 aromatic heterocycles. The van der Waals surface area contributed by atoms with Crippen molar-refractivity contribution in [3.63, 3.8) is 0 Å². The van der Waals surface area contributed by atoms with Crippen LogP contribution in [0, 0.1) is 6.92 Å². The Labute approximate surface area is 113 Å². The highest BCUT2D eigenvalue weighted by molar-refractivity contribution is 5.38. The monoisotopic (exact) mass is 257 g/mol. The summed E-state index contributed by atoms with van der Waals surface area (Å²) in [4.78, 5) is 4.26. The lowest BCUT2D eigenvalue weighted by Crippen LogP contribution is -2.06. The van der Waals surface area contributed by atoms with Crippen LogP contribution in [0.3, 0.4) is 0 Å². The van der Waals surface area contributed by atoms with Crippen LogP contribution in [-0.2, 0) is 6.42 Å². The van der Waals surface area contributed by atoms with Gasteiger partial charge in [0.1, 0.15) is 5.75 Å². The molecule has 0 fully saturated rings. The molecular weight excluding hydrogens is 238 g/mol. The molecule has 0 bridgehead atoms. The van der Waals surface area contributed by atoms with Crippen LogP contribution in [0.1, 0.15) is 29.8 Å². The molecule has 0 saturated heterocycles. The lowest BCUT2D eigenvalue weighted by Gasteiger charge is -2.14. The summed E-state index contributed by atoms with van der Waals surface area (Å²) in [6.45, 7) is 4.31. The molecule has 0 saturated carbocycles. The molecule has 1 aromatic carbocycles. The van der Waals surface area contributed by atoms with Crippen LogP contribution in [0.15, 0.2) is 42.6 Å². The number of aliphatic hydroxyl groups is 1. The summed E-state index contributed by atoms with van der Waals surface area (Å²) >= 11 is 0. The Morgan fingerprint density at radius 2 is 2.11 bits per heavy atom. The standard InChI is InChI=1S/C16H19NO2/c1-12-6-7-15(13(2)18)16(11-12)19-10-8-14-5-3-4-9-17-14/h3-7,9,11,13,18H,8,10H2,1-2H3/t13-/m1/s1. The zero-order valence-corrected chi connectivity index (χ0v) is 11.3. The van der Waals surface area contributed by atoms with Crippen molar-refractivity contribution in [1.82, 2.24) is 4.98 Å². The maximum atomic E-state index is 9.72. The number of pyridine rings is 1. The fraction of sp³-hybridized carbons (Fsp3) is 0.312. The topological polar surface area (TPSA) is 42.4 Å². The van der Waals surface area contributed by atoms with Crippen molar-refractivity contribution in [1.29, 1.82) is 0 Å². The van der Waals surface area contributed by atoms with E-state index >= 15 is 0 Å². The van der Waals surface area contributed by atoms with Crippen LogP contribution in [0.5, 0.6) is 5.75 Å². The number of aromatic nitrogens is 1. The van der Waals surface area contributed by atoms with Gasteiger partial charge >= 0.3 is 0 Å². The zero-order valence-electron chi connectivity index (χ0n) is 11.3. The van der Waals surface area contributed by atoms with E-state index in [1.807, 2.05) is 43.3 Å². The van der Waals surface area contributed by atoms with Gasteiger partial charge in [0.25, 0.3) is 0 Å². The lowest BCUT2D eigenvalue weighted by atomic mass is 10.1. The van der Waals surface area contributed by atoms with Crippen molar-refractivity contribution in [2.24, 2.45) is 0 Å². The molecule has 0 aliphatic carbocycles. The van der Waals surface area contributed by atoms with Gasteiger partial charge in [-0.2, -0.15) is 0 Å². The summed E-state index contributed by atoms with van der Waals surface area (Å²) < 4.78 is 5.78. The third kappa shape index (κ3) is 3.80. The van der Waals surface area contributed by atoms with Crippen molar-refractivity contribution >= 4 is 0 Å². The van der Waals surface area contributed by atoms with E-state index in [0.29, 0.717) is 6.61 Å². The van der Waals surface area contributed by atoms with Gasteiger partial charge in [0.2, 0.25) is 0 Å². The van der Waals surface area contributed by atoms with E-state index in [1.165, 1.54) is 0 Å². The van der Waals surface area contributed by atoms with E-state index in [-0.39, 0.29) is 0 Å². The molecule has 1 N–H and O–H groups in total. The summed E-state index contributed by atoms with van der Waals surface area (Å²) in [5.41, 5.74) is 2.96. The Balaban J connectivity index is 2.01. The molecule has 3 heteroatoms. The van der Waals surface area contributed by atoms with Crippen molar-refractivity contribution in [2.75, 3.05) is 6.61 Å². The maximum absolute atomic E-state index is 9.72. The smallest absolute Gasteiger partial charge is 0.125 e. The molecule has 0 aliphatic heterocycles. The van der Waals surface area contributed by atoms with Gasteiger partial charge < -0.3 is 9.84 Å². The predicted molar refractivity (Wildman–Crippen MR) is 75.2 cm³/mol. The molecule has 0 aliphatic rings. The third-order valence-corrected chi connectivity index (χ3v) is 2.96. The Morgan fingerprint density at radius 1 is 1.26 bits per heavy atom. The van der Waals surface area contributed by atoms with Crippen molar-refractivity contribution in [3.8, 4) is 5.75 Å². The molecule has 100 valence electrons.